The van der Waals surface area contributed by atoms with Crippen molar-refractivity contribution < 1.29 is 14.3 Å². The lowest BCUT2D eigenvalue weighted by molar-refractivity contribution is 0.0514. The van der Waals surface area contributed by atoms with Crippen LogP contribution in [0.2, 0.25) is 5.02 Å². The number of aromatic amines is 1. The summed E-state index contributed by atoms with van der Waals surface area (Å²) in [4.78, 5) is 35.2. The Kier molecular flexibility index (Phi) is 6.49. The van der Waals surface area contributed by atoms with Gasteiger partial charge in [-0.1, -0.05) is 23.7 Å². The van der Waals surface area contributed by atoms with Crippen molar-refractivity contribution in [1.82, 2.24) is 14.8 Å². The number of benzene rings is 1. The number of carbonyl (C=O) groups is 2. The van der Waals surface area contributed by atoms with Gasteiger partial charge < -0.3 is 24.4 Å². The third kappa shape index (κ3) is 4.41. The van der Waals surface area contributed by atoms with Crippen LogP contribution in [0.4, 0.5) is 5.69 Å². The Hall–Kier alpha value is -2.51. The Morgan fingerprint density at radius 1 is 1.14 bits per heavy atom. The molecule has 8 heteroatoms. The van der Waals surface area contributed by atoms with E-state index in [0.717, 1.165) is 18.7 Å². The lowest BCUT2D eigenvalue weighted by atomic mass is 10.1. The van der Waals surface area contributed by atoms with E-state index in [1.807, 2.05) is 38.2 Å². The number of amides is 1. The zero-order valence-corrected chi connectivity index (χ0v) is 18.0. The molecule has 1 saturated heterocycles. The van der Waals surface area contributed by atoms with Gasteiger partial charge in [-0.15, -0.1) is 0 Å². The summed E-state index contributed by atoms with van der Waals surface area (Å²) in [6.07, 6.45) is 0. The van der Waals surface area contributed by atoms with Crippen LogP contribution in [-0.4, -0.2) is 80.6 Å². The molecule has 1 aliphatic rings. The number of aromatic nitrogens is 1. The van der Waals surface area contributed by atoms with E-state index in [4.69, 9.17) is 16.3 Å². The first-order valence-corrected chi connectivity index (χ1v) is 10.1. The highest BCUT2D eigenvalue weighted by molar-refractivity contribution is 6.30. The molecule has 1 aromatic heterocycles. The lowest BCUT2D eigenvalue weighted by Crippen LogP contribution is -2.47. The molecule has 1 aliphatic heterocycles. The number of hydrogen-bond donors (Lipinski definition) is 1. The van der Waals surface area contributed by atoms with Crippen molar-refractivity contribution in [3.05, 3.63) is 40.5 Å². The first kappa shape index (κ1) is 21.2. The first-order chi connectivity index (χ1) is 13.8. The van der Waals surface area contributed by atoms with Crippen LogP contribution in [-0.2, 0) is 4.74 Å². The predicted octanol–water partition coefficient (Wildman–Crippen LogP) is 2.97. The average Bonchev–Trinajstić information content (AvgIpc) is 3.10. The summed E-state index contributed by atoms with van der Waals surface area (Å²) in [6, 6.07) is 7.28. The minimum absolute atomic E-state index is 0.190. The number of carbonyl (C=O) groups excluding carboxylic acids is 2. The van der Waals surface area contributed by atoms with Crippen molar-refractivity contribution in [2.75, 3.05) is 58.8 Å². The largest absolute Gasteiger partial charge is 0.462 e. The zero-order chi connectivity index (χ0) is 21.1. The maximum atomic E-state index is 13.3. The quantitative estimate of drug-likeness (QED) is 0.756. The number of halogens is 1. The topological polar surface area (TPSA) is 68.9 Å². The van der Waals surface area contributed by atoms with Gasteiger partial charge in [-0.05, 0) is 26.1 Å². The molecule has 3 rings (SSSR count). The van der Waals surface area contributed by atoms with Crippen LogP contribution in [0.1, 0.15) is 27.8 Å². The maximum absolute atomic E-state index is 13.3. The van der Waals surface area contributed by atoms with Gasteiger partial charge in [0.1, 0.15) is 11.3 Å². The average molecular weight is 419 g/mol. The molecule has 7 nitrogen and oxygen atoms in total. The number of likely N-dealkylation sites (N-methyl/N-ethyl adjacent to an activating group) is 1. The normalized spacial score (nSPS) is 14.7. The van der Waals surface area contributed by atoms with Gasteiger partial charge in [-0.3, -0.25) is 4.79 Å². The highest BCUT2D eigenvalue weighted by atomic mass is 35.5. The second kappa shape index (κ2) is 8.88. The van der Waals surface area contributed by atoms with Gasteiger partial charge in [0.25, 0.3) is 5.91 Å². The molecule has 0 atom stereocenters. The Bertz CT molecular complexity index is 884. The van der Waals surface area contributed by atoms with Crippen molar-refractivity contribution in [3.63, 3.8) is 0 Å². The number of anilines is 1. The number of H-pyrrole nitrogens is 1. The molecule has 0 saturated carbocycles. The van der Waals surface area contributed by atoms with Crippen molar-refractivity contribution in [2.24, 2.45) is 0 Å². The summed E-state index contributed by atoms with van der Waals surface area (Å²) < 4.78 is 5.30. The summed E-state index contributed by atoms with van der Waals surface area (Å²) in [7, 11) is 5.72. The Morgan fingerprint density at radius 3 is 2.31 bits per heavy atom. The minimum atomic E-state index is -0.509. The highest BCUT2D eigenvalue weighted by Gasteiger charge is 2.32. The molecule has 0 unspecified atom stereocenters. The molecule has 0 spiro atoms. The van der Waals surface area contributed by atoms with E-state index in [9.17, 15) is 9.59 Å². The van der Waals surface area contributed by atoms with E-state index >= 15 is 0 Å². The summed E-state index contributed by atoms with van der Waals surface area (Å²) in [5.41, 5.74) is 2.68. The smallest absolute Gasteiger partial charge is 0.342 e. The molecule has 2 aromatic rings. The summed E-state index contributed by atoms with van der Waals surface area (Å²) in [5, 5.41) is 0.617. The van der Waals surface area contributed by atoms with E-state index in [0.29, 0.717) is 29.5 Å². The van der Waals surface area contributed by atoms with Crippen LogP contribution in [0, 0.1) is 0 Å². The van der Waals surface area contributed by atoms with E-state index in [1.165, 1.54) is 0 Å². The third-order valence-corrected chi connectivity index (χ3v) is 5.29. The van der Waals surface area contributed by atoms with Crippen LogP contribution < -0.4 is 4.90 Å². The standard InChI is InChI=1S/C21H27ClN4O3/c1-5-29-21(28)16-18(20(27)26-12-10-25(4)11-13-26)23-17(19(16)24(2)3)14-6-8-15(22)9-7-14/h6-9,23H,5,10-13H2,1-4H3. The van der Waals surface area contributed by atoms with Crippen molar-refractivity contribution in [1.29, 1.82) is 0 Å². The van der Waals surface area contributed by atoms with Crippen LogP contribution in [0.25, 0.3) is 11.3 Å². The molecule has 29 heavy (non-hydrogen) atoms. The second-order valence-corrected chi connectivity index (χ2v) is 7.75. The predicted molar refractivity (Wildman–Crippen MR) is 115 cm³/mol. The Morgan fingerprint density at radius 2 is 1.76 bits per heavy atom. The van der Waals surface area contributed by atoms with E-state index < -0.39 is 5.97 Å². The second-order valence-electron chi connectivity index (χ2n) is 7.32. The van der Waals surface area contributed by atoms with Gasteiger partial charge >= 0.3 is 5.97 Å². The maximum Gasteiger partial charge on any atom is 0.342 e. The van der Waals surface area contributed by atoms with E-state index in [2.05, 4.69) is 9.88 Å². The van der Waals surface area contributed by atoms with Gasteiger partial charge in [0.05, 0.1) is 18.0 Å². The van der Waals surface area contributed by atoms with Gasteiger partial charge in [0, 0.05) is 50.9 Å². The number of nitrogens with zero attached hydrogens (tertiary/aromatic N) is 3. The molecule has 1 aromatic carbocycles. The highest BCUT2D eigenvalue weighted by Crippen LogP contribution is 2.36. The fraction of sp³-hybridized carbons (Fsp3) is 0.429. The van der Waals surface area contributed by atoms with Crippen molar-refractivity contribution >= 4 is 29.2 Å². The number of piperazine rings is 1. The van der Waals surface area contributed by atoms with Crippen LogP contribution >= 0.6 is 11.6 Å². The van der Waals surface area contributed by atoms with Gasteiger partial charge in [-0.25, -0.2) is 4.79 Å². The SMILES string of the molecule is CCOC(=O)c1c(C(=O)N2CCN(C)CC2)[nH]c(-c2ccc(Cl)cc2)c1N(C)C. The van der Waals surface area contributed by atoms with Gasteiger partial charge in [0.15, 0.2) is 0 Å². The molecule has 156 valence electrons. The number of nitrogens with one attached hydrogen (secondary N) is 1. The molecule has 1 N–H and O–H groups in total. The fourth-order valence-corrected chi connectivity index (χ4v) is 3.62. The summed E-state index contributed by atoms with van der Waals surface area (Å²) in [6.45, 7) is 4.81. The van der Waals surface area contributed by atoms with Crippen LogP contribution in [0.15, 0.2) is 24.3 Å². The van der Waals surface area contributed by atoms with Gasteiger partial charge in [0.2, 0.25) is 0 Å². The Labute approximate surface area is 176 Å². The number of hydrogen-bond acceptors (Lipinski definition) is 5. The Balaban J connectivity index is 2.13. The van der Waals surface area contributed by atoms with Crippen molar-refractivity contribution in [2.45, 2.75) is 6.92 Å². The lowest BCUT2D eigenvalue weighted by Gasteiger charge is -2.32. The molecule has 1 fully saturated rings. The zero-order valence-electron chi connectivity index (χ0n) is 17.3. The molecular weight excluding hydrogens is 392 g/mol. The monoisotopic (exact) mass is 418 g/mol. The number of rotatable bonds is 5. The van der Waals surface area contributed by atoms with Crippen LogP contribution in [0.5, 0.6) is 0 Å². The summed E-state index contributed by atoms with van der Waals surface area (Å²) >= 11 is 6.03. The number of esters is 1. The molecule has 0 aliphatic carbocycles. The van der Waals surface area contributed by atoms with Gasteiger partial charge in [-0.2, -0.15) is 0 Å². The minimum Gasteiger partial charge on any atom is -0.462 e. The van der Waals surface area contributed by atoms with E-state index in [-0.39, 0.29) is 23.8 Å². The molecule has 0 radical (unpaired) electrons. The molecule has 1 amide bonds. The molecular formula is C21H27ClN4O3. The molecule has 0 bridgehead atoms. The fourth-order valence-electron chi connectivity index (χ4n) is 3.49. The summed E-state index contributed by atoms with van der Waals surface area (Å²) in [5.74, 6) is -0.699. The number of ether oxygens (including phenoxy) is 1. The molecule has 2 heterocycles. The van der Waals surface area contributed by atoms with Crippen LogP contribution in [0.3, 0.4) is 0 Å². The third-order valence-electron chi connectivity index (χ3n) is 5.04. The van der Waals surface area contributed by atoms with E-state index in [1.54, 1.807) is 24.0 Å². The first-order valence-electron chi connectivity index (χ1n) is 9.67. The van der Waals surface area contributed by atoms with Crippen molar-refractivity contribution in [3.8, 4) is 11.3 Å².